The fraction of sp³-hybridized carbons (Fsp3) is 0.857. The molecule has 0 amide bonds. The first kappa shape index (κ1) is 12.8. The van der Waals surface area contributed by atoms with Crippen molar-refractivity contribution in [2.24, 2.45) is 5.41 Å². The Kier molecular flexibility index (Phi) is 4.85. The van der Waals surface area contributed by atoms with Gasteiger partial charge in [-0.1, -0.05) is 44.8 Å². The highest BCUT2D eigenvalue weighted by Crippen LogP contribution is 2.39. The lowest BCUT2D eigenvalue weighted by atomic mass is 9.70. The van der Waals surface area contributed by atoms with Gasteiger partial charge in [0.15, 0.2) is 0 Å². The van der Waals surface area contributed by atoms with Crippen molar-refractivity contribution in [2.45, 2.75) is 65.8 Å². The predicted molar refractivity (Wildman–Crippen MR) is 68.1 cm³/mol. The van der Waals surface area contributed by atoms with Gasteiger partial charge in [0, 0.05) is 6.04 Å². The molecule has 0 heterocycles. The van der Waals surface area contributed by atoms with E-state index >= 15 is 0 Å². The maximum absolute atomic E-state index is 3.65. The summed E-state index contributed by atoms with van der Waals surface area (Å²) in [5.41, 5.74) is 1.93. The van der Waals surface area contributed by atoms with Crippen LogP contribution in [0.2, 0.25) is 0 Å². The molecule has 0 aromatic rings. The molecule has 0 radical (unpaired) electrons. The molecule has 1 saturated carbocycles. The molecule has 1 nitrogen and oxygen atoms in total. The number of likely N-dealkylation sites (N-methyl/N-ethyl adjacent to an activating group) is 1. The molecule has 0 aliphatic heterocycles. The summed E-state index contributed by atoms with van der Waals surface area (Å²) in [5, 5.41) is 3.65. The van der Waals surface area contributed by atoms with Crippen molar-refractivity contribution in [1.29, 1.82) is 0 Å². The van der Waals surface area contributed by atoms with Gasteiger partial charge in [-0.3, -0.25) is 0 Å². The smallest absolute Gasteiger partial charge is 0.0306 e. The van der Waals surface area contributed by atoms with Crippen molar-refractivity contribution in [3.63, 3.8) is 0 Å². The first-order chi connectivity index (χ1) is 7.08. The van der Waals surface area contributed by atoms with Crippen LogP contribution < -0.4 is 5.32 Å². The maximum Gasteiger partial charge on any atom is 0.0306 e. The number of nitrogens with one attached hydrogen (secondary N) is 1. The highest BCUT2D eigenvalue weighted by Gasteiger charge is 2.33. The van der Waals surface area contributed by atoms with Gasteiger partial charge >= 0.3 is 0 Å². The lowest BCUT2D eigenvalue weighted by Gasteiger charge is -2.40. The monoisotopic (exact) mass is 209 g/mol. The van der Waals surface area contributed by atoms with Gasteiger partial charge in [0.25, 0.3) is 0 Å². The third kappa shape index (κ3) is 3.64. The third-order valence-electron chi connectivity index (χ3n) is 3.67. The van der Waals surface area contributed by atoms with Crippen LogP contribution in [0, 0.1) is 5.41 Å². The van der Waals surface area contributed by atoms with Crippen molar-refractivity contribution in [3.05, 3.63) is 11.6 Å². The summed E-state index contributed by atoms with van der Waals surface area (Å²) in [6.07, 6.45) is 9.45. The van der Waals surface area contributed by atoms with E-state index in [4.69, 9.17) is 0 Å². The van der Waals surface area contributed by atoms with Gasteiger partial charge in [0.2, 0.25) is 0 Å². The Labute approximate surface area is 95.3 Å². The summed E-state index contributed by atoms with van der Waals surface area (Å²) in [4.78, 5) is 0. The highest BCUT2D eigenvalue weighted by molar-refractivity contribution is 5.07. The molecule has 0 aromatic heterocycles. The Morgan fingerprint density at radius 3 is 2.33 bits per heavy atom. The second-order valence-electron chi connectivity index (χ2n) is 5.49. The van der Waals surface area contributed by atoms with Crippen molar-refractivity contribution >= 4 is 0 Å². The molecule has 1 unspecified atom stereocenters. The Hall–Kier alpha value is -0.300. The van der Waals surface area contributed by atoms with Crippen LogP contribution in [0.15, 0.2) is 11.6 Å². The van der Waals surface area contributed by atoms with Crippen molar-refractivity contribution in [2.75, 3.05) is 6.54 Å². The van der Waals surface area contributed by atoms with E-state index < -0.39 is 0 Å². The van der Waals surface area contributed by atoms with Crippen LogP contribution in [-0.2, 0) is 0 Å². The Morgan fingerprint density at radius 1 is 1.27 bits per heavy atom. The molecular weight excluding hydrogens is 182 g/mol. The highest BCUT2D eigenvalue weighted by atomic mass is 14.9. The number of allylic oxidation sites excluding steroid dienone is 1. The Balaban J connectivity index is 2.72. The molecule has 1 aliphatic carbocycles. The van der Waals surface area contributed by atoms with Gasteiger partial charge in [-0.15, -0.1) is 0 Å². The zero-order valence-electron chi connectivity index (χ0n) is 10.9. The van der Waals surface area contributed by atoms with Gasteiger partial charge in [0.05, 0.1) is 0 Å². The SMILES string of the molecule is CCNC(C=C(C)C)C1(C)CCCCC1. The van der Waals surface area contributed by atoms with Gasteiger partial charge < -0.3 is 5.32 Å². The molecule has 15 heavy (non-hydrogen) atoms. The summed E-state index contributed by atoms with van der Waals surface area (Å²) in [6.45, 7) is 10.1. The zero-order chi connectivity index (χ0) is 11.3. The largest absolute Gasteiger partial charge is 0.310 e. The fourth-order valence-corrected chi connectivity index (χ4v) is 2.73. The first-order valence-corrected chi connectivity index (χ1v) is 6.47. The number of hydrogen-bond acceptors (Lipinski definition) is 1. The van der Waals surface area contributed by atoms with Crippen LogP contribution >= 0.6 is 0 Å². The number of hydrogen-bond donors (Lipinski definition) is 1. The topological polar surface area (TPSA) is 12.0 Å². The second-order valence-corrected chi connectivity index (χ2v) is 5.49. The van der Waals surface area contributed by atoms with Gasteiger partial charge in [-0.2, -0.15) is 0 Å². The standard InChI is InChI=1S/C14H27N/c1-5-15-13(11-12(2)3)14(4)9-7-6-8-10-14/h11,13,15H,5-10H2,1-4H3. The molecule has 1 N–H and O–H groups in total. The minimum atomic E-state index is 0.492. The van der Waals surface area contributed by atoms with E-state index in [-0.39, 0.29) is 0 Å². The van der Waals surface area contributed by atoms with Crippen LogP contribution in [0.5, 0.6) is 0 Å². The molecule has 88 valence electrons. The van der Waals surface area contributed by atoms with E-state index in [1.54, 1.807) is 0 Å². The fourth-order valence-electron chi connectivity index (χ4n) is 2.73. The average molecular weight is 209 g/mol. The van der Waals surface area contributed by atoms with E-state index in [0.717, 1.165) is 6.54 Å². The van der Waals surface area contributed by atoms with Gasteiger partial charge in [-0.05, 0) is 38.6 Å². The van der Waals surface area contributed by atoms with Crippen molar-refractivity contribution in [1.82, 2.24) is 5.32 Å². The van der Waals surface area contributed by atoms with Gasteiger partial charge in [-0.25, -0.2) is 0 Å². The van der Waals surface area contributed by atoms with Crippen molar-refractivity contribution < 1.29 is 0 Å². The van der Waals surface area contributed by atoms with Crippen LogP contribution in [-0.4, -0.2) is 12.6 Å². The lowest BCUT2D eigenvalue weighted by Crippen LogP contribution is -2.43. The molecule has 0 spiro atoms. The predicted octanol–water partition coefficient (Wildman–Crippen LogP) is 3.90. The Morgan fingerprint density at radius 2 is 1.87 bits per heavy atom. The van der Waals surface area contributed by atoms with Crippen LogP contribution in [0.4, 0.5) is 0 Å². The molecular formula is C14H27N. The summed E-state index contributed by atoms with van der Waals surface area (Å²) in [7, 11) is 0. The van der Waals surface area contributed by atoms with E-state index in [0.29, 0.717) is 11.5 Å². The zero-order valence-corrected chi connectivity index (χ0v) is 10.9. The molecule has 1 heteroatoms. The van der Waals surface area contributed by atoms with E-state index in [1.165, 1.54) is 37.7 Å². The van der Waals surface area contributed by atoms with Crippen LogP contribution in [0.3, 0.4) is 0 Å². The third-order valence-corrected chi connectivity index (χ3v) is 3.67. The minimum absolute atomic E-state index is 0.492. The molecule has 1 aliphatic rings. The molecule has 1 atom stereocenters. The molecule has 0 saturated heterocycles. The lowest BCUT2D eigenvalue weighted by molar-refractivity contribution is 0.171. The van der Waals surface area contributed by atoms with E-state index in [9.17, 15) is 0 Å². The molecule has 1 rings (SSSR count). The van der Waals surface area contributed by atoms with Crippen LogP contribution in [0.1, 0.15) is 59.8 Å². The molecule has 0 aromatic carbocycles. The van der Waals surface area contributed by atoms with E-state index in [1.807, 2.05) is 0 Å². The summed E-state index contributed by atoms with van der Waals surface area (Å²) < 4.78 is 0. The van der Waals surface area contributed by atoms with E-state index in [2.05, 4.69) is 39.1 Å². The quantitative estimate of drug-likeness (QED) is 0.692. The average Bonchev–Trinajstić information content (AvgIpc) is 2.18. The molecule has 1 fully saturated rings. The van der Waals surface area contributed by atoms with Crippen molar-refractivity contribution in [3.8, 4) is 0 Å². The minimum Gasteiger partial charge on any atom is -0.310 e. The first-order valence-electron chi connectivity index (χ1n) is 6.47. The molecule has 0 bridgehead atoms. The maximum atomic E-state index is 3.65. The van der Waals surface area contributed by atoms with Gasteiger partial charge in [0.1, 0.15) is 0 Å². The summed E-state index contributed by atoms with van der Waals surface area (Å²) in [5.74, 6) is 0. The second kappa shape index (κ2) is 5.69. The summed E-state index contributed by atoms with van der Waals surface area (Å²) >= 11 is 0. The number of rotatable bonds is 4. The summed E-state index contributed by atoms with van der Waals surface area (Å²) in [6, 6.07) is 0.577. The normalized spacial score (nSPS) is 22.1. The Bertz CT molecular complexity index is 207. The van der Waals surface area contributed by atoms with Crippen LogP contribution in [0.25, 0.3) is 0 Å².